The molecule has 1 saturated heterocycles. The fourth-order valence-electron chi connectivity index (χ4n) is 3.49. The first-order valence-electron chi connectivity index (χ1n) is 8.71. The molecule has 1 atom stereocenters. The van der Waals surface area contributed by atoms with Crippen LogP contribution in [0.2, 0.25) is 0 Å². The summed E-state index contributed by atoms with van der Waals surface area (Å²) in [6.07, 6.45) is 3.67. The molecule has 2 aromatic rings. The van der Waals surface area contributed by atoms with Crippen LogP contribution in [0.15, 0.2) is 22.9 Å². The van der Waals surface area contributed by atoms with Gasteiger partial charge in [0.1, 0.15) is 6.04 Å². The molecule has 4 heterocycles. The number of nitrogens with one attached hydrogen (secondary N) is 1. The van der Waals surface area contributed by atoms with Gasteiger partial charge < -0.3 is 9.47 Å². The van der Waals surface area contributed by atoms with E-state index in [4.69, 9.17) is 0 Å². The van der Waals surface area contributed by atoms with Crippen LogP contribution in [-0.2, 0) is 39.4 Å². The Labute approximate surface area is 165 Å². The van der Waals surface area contributed by atoms with Gasteiger partial charge >= 0.3 is 0 Å². The Morgan fingerprint density at radius 3 is 2.79 bits per heavy atom. The average Bonchev–Trinajstić information content (AvgIpc) is 3.31. The topological polar surface area (TPSA) is 118 Å². The van der Waals surface area contributed by atoms with E-state index in [0.717, 1.165) is 10.4 Å². The Balaban J connectivity index is 1.49. The molecular formula is C17H18N4O5S2. The van der Waals surface area contributed by atoms with Crippen molar-refractivity contribution < 1.29 is 22.8 Å². The molecule has 28 heavy (non-hydrogen) atoms. The number of hydrogen-bond donors (Lipinski definition) is 1. The van der Waals surface area contributed by atoms with E-state index in [-0.39, 0.29) is 42.0 Å². The SMILES string of the molecule is Cn1cnc(S(=O)(=O)CCc2scc3c2CN(C2CCC(=O)NC2=O)C3=O)c1. The first kappa shape index (κ1) is 18.8. The first-order chi connectivity index (χ1) is 13.3. The summed E-state index contributed by atoms with van der Waals surface area (Å²) >= 11 is 1.35. The number of nitrogens with zero attached hydrogens (tertiary/aromatic N) is 3. The molecule has 3 amide bonds. The number of imide groups is 1. The van der Waals surface area contributed by atoms with Gasteiger partial charge in [-0.3, -0.25) is 19.7 Å². The van der Waals surface area contributed by atoms with Crippen molar-refractivity contribution in [1.29, 1.82) is 0 Å². The predicted molar refractivity (Wildman–Crippen MR) is 99.3 cm³/mol. The highest BCUT2D eigenvalue weighted by atomic mass is 32.2. The van der Waals surface area contributed by atoms with E-state index in [1.807, 2.05) is 0 Å². The standard InChI is InChI=1S/C17H18N4O5S2/c1-20-7-15(18-9-20)28(25,26)5-4-13-10-6-21(17(24)11(10)8-27-13)12-2-3-14(22)19-16(12)23/h7-9,12H,2-6H2,1H3,(H,19,22,23). The minimum absolute atomic E-state index is 0.0319. The second-order valence-electron chi connectivity index (χ2n) is 6.90. The summed E-state index contributed by atoms with van der Waals surface area (Å²) in [6.45, 7) is 0.253. The zero-order valence-electron chi connectivity index (χ0n) is 15.0. The van der Waals surface area contributed by atoms with Crippen LogP contribution in [0, 0.1) is 0 Å². The molecule has 0 saturated carbocycles. The summed E-state index contributed by atoms with van der Waals surface area (Å²) in [7, 11) is -1.82. The van der Waals surface area contributed by atoms with E-state index >= 15 is 0 Å². The molecule has 1 fully saturated rings. The Hall–Kier alpha value is -2.53. The molecule has 0 bridgehead atoms. The number of carbonyl (C=O) groups is 3. The number of rotatable bonds is 5. The third kappa shape index (κ3) is 3.24. The zero-order chi connectivity index (χ0) is 20.1. The van der Waals surface area contributed by atoms with Gasteiger partial charge in [0.15, 0.2) is 14.9 Å². The smallest absolute Gasteiger partial charge is 0.256 e. The molecule has 0 aliphatic carbocycles. The molecule has 2 aromatic heterocycles. The van der Waals surface area contributed by atoms with E-state index in [1.54, 1.807) is 17.0 Å². The number of sulfone groups is 1. The normalized spacial score (nSPS) is 19.8. The molecule has 2 aliphatic rings. The van der Waals surface area contributed by atoms with E-state index in [9.17, 15) is 22.8 Å². The molecule has 2 aliphatic heterocycles. The lowest BCUT2D eigenvalue weighted by Gasteiger charge is -2.29. The maximum atomic E-state index is 12.7. The predicted octanol–water partition coefficient (Wildman–Crippen LogP) is 0.259. The summed E-state index contributed by atoms with van der Waals surface area (Å²) in [6, 6.07) is -0.673. The Morgan fingerprint density at radius 1 is 1.32 bits per heavy atom. The van der Waals surface area contributed by atoms with Gasteiger partial charge in [0.25, 0.3) is 5.91 Å². The molecule has 4 rings (SSSR count). The minimum Gasteiger partial charge on any atom is -0.339 e. The lowest BCUT2D eigenvalue weighted by atomic mass is 10.0. The van der Waals surface area contributed by atoms with Crippen molar-refractivity contribution in [2.45, 2.75) is 36.9 Å². The fourth-order valence-corrected chi connectivity index (χ4v) is 5.88. The monoisotopic (exact) mass is 422 g/mol. The number of aromatic nitrogens is 2. The van der Waals surface area contributed by atoms with Gasteiger partial charge in [-0.2, -0.15) is 0 Å². The molecule has 0 spiro atoms. The lowest BCUT2D eigenvalue weighted by molar-refractivity contribution is -0.136. The number of piperidine rings is 1. The highest BCUT2D eigenvalue weighted by Gasteiger charge is 2.40. The highest BCUT2D eigenvalue weighted by molar-refractivity contribution is 7.91. The van der Waals surface area contributed by atoms with Crippen LogP contribution < -0.4 is 5.32 Å². The van der Waals surface area contributed by atoms with E-state index in [0.29, 0.717) is 12.0 Å². The van der Waals surface area contributed by atoms with Crippen LogP contribution in [0.1, 0.15) is 33.6 Å². The summed E-state index contributed by atoms with van der Waals surface area (Å²) in [4.78, 5) is 42.3. The van der Waals surface area contributed by atoms with Gasteiger partial charge in [0, 0.05) is 36.5 Å². The van der Waals surface area contributed by atoms with E-state index in [1.165, 1.54) is 28.8 Å². The van der Waals surface area contributed by atoms with Crippen LogP contribution in [-0.4, -0.2) is 52.4 Å². The summed E-state index contributed by atoms with van der Waals surface area (Å²) in [5.74, 6) is -1.15. The third-order valence-corrected chi connectivity index (χ3v) is 7.66. The highest BCUT2D eigenvalue weighted by Crippen LogP contribution is 2.34. The van der Waals surface area contributed by atoms with E-state index < -0.39 is 21.8 Å². The number of thiophene rings is 1. The molecule has 9 nitrogen and oxygen atoms in total. The molecule has 1 N–H and O–H groups in total. The summed E-state index contributed by atoms with van der Waals surface area (Å²) in [5, 5.41) is 4.01. The maximum Gasteiger partial charge on any atom is 0.256 e. The van der Waals surface area contributed by atoms with Crippen molar-refractivity contribution in [2.24, 2.45) is 7.05 Å². The molecule has 0 aromatic carbocycles. The quantitative estimate of drug-likeness (QED) is 0.691. The van der Waals surface area contributed by atoms with Crippen molar-refractivity contribution in [3.05, 3.63) is 33.9 Å². The number of carbonyl (C=O) groups excluding carboxylic acids is 3. The van der Waals surface area contributed by atoms with Crippen LogP contribution in [0.25, 0.3) is 0 Å². The van der Waals surface area contributed by atoms with Crippen LogP contribution >= 0.6 is 11.3 Å². The zero-order valence-corrected chi connectivity index (χ0v) is 16.7. The lowest BCUT2D eigenvalue weighted by Crippen LogP contribution is -2.52. The Morgan fingerprint density at radius 2 is 2.11 bits per heavy atom. The largest absolute Gasteiger partial charge is 0.339 e. The second kappa shape index (κ2) is 6.82. The average molecular weight is 422 g/mol. The van der Waals surface area contributed by atoms with Crippen molar-refractivity contribution in [3.63, 3.8) is 0 Å². The summed E-state index contributed by atoms with van der Waals surface area (Å²) < 4.78 is 26.5. The number of hydrogen-bond acceptors (Lipinski definition) is 7. The van der Waals surface area contributed by atoms with Gasteiger partial charge in [-0.05, 0) is 18.4 Å². The van der Waals surface area contributed by atoms with Crippen molar-refractivity contribution in [2.75, 3.05) is 5.75 Å². The number of fused-ring (bicyclic) bond motifs is 1. The van der Waals surface area contributed by atoms with Gasteiger partial charge in [-0.25, -0.2) is 13.4 Å². The molecular weight excluding hydrogens is 404 g/mol. The van der Waals surface area contributed by atoms with Crippen LogP contribution in [0.5, 0.6) is 0 Å². The molecule has 0 radical (unpaired) electrons. The maximum absolute atomic E-state index is 12.7. The first-order valence-corrected chi connectivity index (χ1v) is 11.2. The van der Waals surface area contributed by atoms with Crippen molar-refractivity contribution in [3.8, 4) is 0 Å². The summed E-state index contributed by atoms with van der Waals surface area (Å²) in [5.41, 5.74) is 1.29. The second-order valence-corrected chi connectivity index (χ2v) is 9.92. The van der Waals surface area contributed by atoms with Crippen molar-refractivity contribution >= 4 is 38.9 Å². The number of amides is 3. The van der Waals surface area contributed by atoms with Crippen LogP contribution in [0.4, 0.5) is 0 Å². The van der Waals surface area contributed by atoms with Crippen molar-refractivity contribution in [1.82, 2.24) is 19.8 Å². The molecule has 1 unspecified atom stereocenters. The number of imidazole rings is 1. The van der Waals surface area contributed by atoms with Gasteiger partial charge in [0.05, 0.1) is 17.6 Å². The van der Waals surface area contributed by atoms with Crippen LogP contribution in [0.3, 0.4) is 0 Å². The van der Waals surface area contributed by atoms with Gasteiger partial charge in [-0.1, -0.05) is 0 Å². The van der Waals surface area contributed by atoms with Gasteiger partial charge in [0.2, 0.25) is 11.8 Å². The number of aryl methyl sites for hydroxylation is 2. The minimum atomic E-state index is -3.52. The third-order valence-electron chi connectivity index (χ3n) is 4.98. The fraction of sp³-hybridized carbons (Fsp3) is 0.412. The Bertz CT molecular complexity index is 1080. The molecule has 11 heteroatoms. The molecule has 148 valence electrons. The van der Waals surface area contributed by atoms with Gasteiger partial charge in [-0.15, -0.1) is 11.3 Å². The Kier molecular flexibility index (Phi) is 4.58. The van der Waals surface area contributed by atoms with E-state index in [2.05, 4.69) is 10.3 Å².